The topological polar surface area (TPSA) is 61.8 Å². The van der Waals surface area contributed by atoms with Crippen LogP contribution in [0, 0.1) is 11.3 Å². The van der Waals surface area contributed by atoms with E-state index in [0.717, 1.165) is 0 Å². The van der Waals surface area contributed by atoms with E-state index in [9.17, 15) is 0 Å². The van der Waals surface area contributed by atoms with Crippen molar-refractivity contribution in [3.8, 4) is 6.07 Å². The van der Waals surface area contributed by atoms with E-state index in [-0.39, 0.29) is 0 Å². The molecule has 0 unspecified atom stereocenters. The molecule has 0 aliphatic rings. The number of hydrogen-bond acceptors (Lipinski definition) is 3. The summed E-state index contributed by atoms with van der Waals surface area (Å²) in [5, 5.41) is 7.85. The molecule has 0 saturated heterocycles. The van der Waals surface area contributed by atoms with Crippen LogP contribution in [-0.4, -0.2) is 6.54 Å². The largest absolute Gasteiger partial charge is 0.271 e. The molecule has 0 rings (SSSR count). The normalized spacial score (nSPS) is 7.33. The molecule has 0 fully saturated rings. The van der Waals surface area contributed by atoms with Crippen molar-refractivity contribution >= 4 is 0 Å². The summed E-state index contributed by atoms with van der Waals surface area (Å²) in [5.41, 5.74) is 2.35. The van der Waals surface area contributed by atoms with E-state index in [1.54, 1.807) is 0 Å². The summed E-state index contributed by atoms with van der Waals surface area (Å²) >= 11 is 0. The Balaban J connectivity index is 2.54. The maximum absolute atomic E-state index is 7.85. The molecule has 0 aromatic heterocycles. The minimum absolute atomic E-state index is 0.483. The van der Waals surface area contributed by atoms with Crippen LogP contribution in [0.15, 0.2) is 0 Å². The minimum atomic E-state index is 0.483. The fourth-order valence-electron chi connectivity index (χ4n) is 0.128. The third-order valence-corrected chi connectivity index (χ3v) is 0.381. The first kappa shape index (κ1) is 5.41. The maximum Gasteiger partial charge on any atom is 0.0635 e. The molecule has 3 nitrogen and oxygen atoms in total. The zero-order chi connectivity index (χ0) is 4.83. The number of rotatable bonds is 2. The van der Waals surface area contributed by atoms with Crippen molar-refractivity contribution in [1.82, 2.24) is 5.43 Å². The molecule has 0 heterocycles. The molecule has 0 spiro atoms. The molecule has 0 atom stereocenters. The Kier molecular flexibility index (Phi) is 3.98. The second-order valence-corrected chi connectivity index (χ2v) is 0.862. The van der Waals surface area contributed by atoms with Crippen molar-refractivity contribution in [3.63, 3.8) is 0 Å². The monoisotopic (exact) mass is 85.1 g/mol. The van der Waals surface area contributed by atoms with Gasteiger partial charge in [0.2, 0.25) is 0 Å². The van der Waals surface area contributed by atoms with Gasteiger partial charge in [0.05, 0.1) is 6.07 Å². The average molecular weight is 85.1 g/mol. The minimum Gasteiger partial charge on any atom is -0.271 e. The lowest BCUT2D eigenvalue weighted by Crippen LogP contribution is -2.22. The molecule has 0 bridgehead atoms. The summed E-state index contributed by atoms with van der Waals surface area (Å²) in [5.74, 6) is 4.81. The Hall–Kier alpha value is -0.590. The van der Waals surface area contributed by atoms with Gasteiger partial charge in [-0.2, -0.15) is 5.26 Å². The number of nitrogens with two attached hydrogens (primary N) is 1. The predicted molar refractivity (Wildman–Crippen MR) is 22.4 cm³/mol. The van der Waals surface area contributed by atoms with Gasteiger partial charge >= 0.3 is 0 Å². The number of hydrazine groups is 1. The van der Waals surface area contributed by atoms with E-state index in [1.807, 2.05) is 6.07 Å². The van der Waals surface area contributed by atoms with Crippen LogP contribution in [0.4, 0.5) is 0 Å². The van der Waals surface area contributed by atoms with Gasteiger partial charge < -0.3 is 0 Å². The van der Waals surface area contributed by atoms with Crippen LogP contribution in [0.25, 0.3) is 0 Å². The van der Waals surface area contributed by atoms with Gasteiger partial charge in [-0.25, -0.2) is 0 Å². The fourth-order valence-corrected chi connectivity index (χ4v) is 0.128. The van der Waals surface area contributed by atoms with Gasteiger partial charge in [-0.15, -0.1) is 0 Å². The first-order valence-electron chi connectivity index (χ1n) is 1.72. The Labute approximate surface area is 36.7 Å². The van der Waals surface area contributed by atoms with Crippen molar-refractivity contribution in [3.05, 3.63) is 0 Å². The molecule has 6 heavy (non-hydrogen) atoms. The van der Waals surface area contributed by atoms with Crippen LogP contribution in [0.3, 0.4) is 0 Å². The molecule has 0 aliphatic carbocycles. The highest BCUT2D eigenvalue weighted by Gasteiger charge is 1.72. The van der Waals surface area contributed by atoms with Crippen LogP contribution in [-0.2, 0) is 0 Å². The summed E-state index contributed by atoms with van der Waals surface area (Å²) in [4.78, 5) is 0. The van der Waals surface area contributed by atoms with E-state index in [2.05, 4.69) is 5.43 Å². The molecule has 0 aromatic rings. The van der Waals surface area contributed by atoms with Crippen LogP contribution >= 0.6 is 0 Å². The second kappa shape index (κ2) is 4.41. The summed E-state index contributed by atoms with van der Waals surface area (Å²) in [6.45, 7) is 0.580. The van der Waals surface area contributed by atoms with E-state index in [1.165, 1.54) is 0 Å². The molecular formula is C3H7N3. The van der Waals surface area contributed by atoms with Crippen LogP contribution in [0.2, 0.25) is 0 Å². The maximum atomic E-state index is 7.85. The smallest absolute Gasteiger partial charge is 0.0635 e. The van der Waals surface area contributed by atoms with Gasteiger partial charge in [0.1, 0.15) is 0 Å². The van der Waals surface area contributed by atoms with Gasteiger partial charge in [0.25, 0.3) is 0 Å². The van der Waals surface area contributed by atoms with Gasteiger partial charge in [0.15, 0.2) is 0 Å². The highest BCUT2D eigenvalue weighted by atomic mass is 15.2. The molecule has 0 aliphatic heterocycles. The lowest BCUT2D eigenvalue weighted by Gasteiger charge is -1.83. The van der Waals surface area contributed by atoms with Crippen molar-refractivity contribution < 1.29 is 0 Å². The third kappa shape index (κ3) is 3.41. The quantitative estimate of drug-likeness (QED) is 0.266. The van der Waals surface area contributed by atoms with Gasteiger partial charge in [-0.3, -0.25) is 11.3 Å². The standard InChI is InChI=1S/C3H7N3/c4-2-1-3-6-5/h6H,1,3,5H2. The predicted octanol–water partition coefficient (Wildman–Crippen LogP) is -0.637. The van der Waals surface area contributed by atoms with Crippen molar-refractivity contribution in [1.29, 1.82) is 5.26 Å². The zero-order valence-corrected chi connectivity index (χ0v) is 3.44. The van der Waals surface area contributed by atoms with Gasteiger partial charge in [0, 0.05) is 13.0 Å². The lowest BCUT2D eigenvalue weighted by atomic mass is 10.5. The van der Waals surface area contributed by atoms with E-state index < -0.39 is 0 Å². The SMILES string of the molecule is N#CCCNN. The third-order valence-electron chi connectivity index (χ3n) is 0.381. The number of hydrogen-bond donors (Lipinski definition) is 2. The number of nitrogens with one attached hydrogen (secondary N) is 1. The molecular weight excluding hydrogens is 78.1 g/mol. The first-order valence-corrected chi connectivity index (χ1v) is 1.72. The van der Waals surface area contributed by atoms with E-state index >= 15 is 0 Å². The van der Waals surface area contributed by atoms with Gasteiger partial charge in [-0.1, -0.05) is 0 Å². The second-order valence-electron chi connectivity index (χ2n) is 0.862. The first-order chi connectivity index (χ1) is 2.91. The lowest BCUT2D eigenvalue weighted by molar-refractivity contribution is 0.744. The van der Waals surface area contributed by atoms with Crippen LogP contribution in [0.5, 0.6) is 0 Å². The number of nitriles is 1. The molecule has 0 radical (unpaired) electrons. The van der Waals surface area contributed by atoms with E-state index in [0.29, 0.717) is 13.0 Å². The van der Waals surface area contributed by atoms with Crippen molar-refractivity contribution in [2.24, 2.45) is 5.84 Å². The van der Waals surface area contributed by atoms with Crippen LogP contribution < -0.4 is 11.3 Å². The molecule has 3 heteroatoms. The molecule has 0 saturated carbocycles. The van der Waals surface area contributed by atoms with Crippen LogP contribution in [0.1, 0.15) is 6.42 Å². The average Bonchev–Trinajstić information content (AvgIpc) is 1.61. The Bertz CT molecular complexity index is 53.5. The zero-order valence-electron chi connectivity index (χ0n) is 3.44. The molecule has 0 aromatic carbocycles. The van der Waals surface area contributed by atoms with Crippen molar-refractivity contribution in [2.45, 2.75) is 6.42 Å². The highest BCUT2D eigenvalue weighted by molar-refractivity contribution is 4.68. The molecule has 0 amide bonds. The highest BCUT2D eigenvalue weighted by Crippen LogP contribution is 1.62. The Morgan fingerprint density at radius 2 is 2.50 bits per heavy atom. The summed E-state index contributed by atoms with van der Waals surface area (Å²) in [7, 11) is 0. The van der Waals surface area contributed by atoms with Crippen molar-refractivity contribution in [2.75, 3.05) is 6.54 Å². The summed E-state index contributed by atoms with van der Waals surface area (Å²) in [6.07, 6.45) is 0.483. The summed E-state index contributed by atoms with van der Waals surface area (Å²) in [6, 6.07) is 1.93. The Morgan fingerprint density at radius 1 is 1.83 bits per heavy atom. The Morgan fingerprint density at radius 3 is 2.67 bits per heavy atom. The van der Waals surface area contributed by atoms with Gasteiger partial charge in [-0.05, 0) is 0 Å². The molecule has 3 N–H and O–H groups in total. The number of nitrogens with zero attached hydrogens (tertiary/aromatic N) is 1. The summed E-state index contributed by atoms with van der Waals surface area (Å²) < 4.78 is 0. The fraction of sp³-hybridized carbons (Fsp3) is 0.667. The van der Waals surface area contributed by atoms with E-state index in [4.69, 9.17) is 11.1 Å². The molecule has 34 valence electrons.